The Balaban J connectivity index is 1.79. The second-order valence-electron chi connectivity index (χ2n) is 5.83. The van der Waals surface area contributed by atoms with Crippen LogP contribution in [0.3, 0.4) is 0 Å². The third-order valence-corrected chi connectivity index (χ3v) is 4.19. The number of ether oxygens (including phenoxy) is 1. The van der Waals surface area contributed by atoms with Crippen molar-refractivity contribution in [3.8, 4) is 0 Å². The lowest BCUT2D eigenvalue weighted by Gasteiger charge is -2.32. The molecule has 2 N–H and O–H groups in total. The molecule has 0 radical (unpaired) electrons. The quantitative estimate of drug-likeness (QED) is 0.831. The molecule has 1 saturated carbocycles. The molecule has 2 aliphatic rings. The second-order valence-corrected chi connectivity index (χ2v) is 5.83. The van der Waals surface area contributed by atoms with Crippen molar-refractivity contribution in [3.05, 3.63) is 0 Å². The van der Waals surface area contributed by atoms with Crippen molar-refractivity contribution < 1.29 is 9.53 Å². The van der Waals surface area contributed by atoms with Crippen molar-refractivity contribution in [2.45, 2.75) is 57.1 Å². The molecule has 3 unspecified atom stereocenters. The molecular weight excluding hydrogens is 228 g/mol. The first-order chi connectivity index (χ1) is 8.66. The highest BCUT2D eigenvalue weighted by molar-refractivity contribution is 5.78. The Kier molecular flexibility index (Phi) is 5.01. The van der Waals surface area contributed by atoms with Crippen LogP contribution in [0.5, 0.6) is 0 Å². The summed E-state index contributed by atoms with van der Waals surface area (Å²) < 4.78 is 5.69. The maximum atomic E-state index is 12.3. The minimum Gasteiger partial charge on any atom is -0.376 e. The Hall–Kier alpha value is -0.610. The lowest BCUT2D eigenvalue weighted by Crippen LogP contribution is -2.42. The smallest absolute Gasteiger partial charge is 0.225 e. The van der Waals surface area contributed by atoms with Gasteiger partial charge in [-0.2, -0.15) is 0 Å². The van der Waals surface area contributed by atoms with E-state index in [-0.39, 0.29) is 24.0 Å². The van der Waals surface area contributed by atoms with Gasteiger partial charge in [-0.1, -0.05) is 6.42 Å². The molecule has 0 bridgehead atoms. The molecule has 18 heavy (non-hydrogen) atoms. The summed E-state index contributed by atoms with van der Waals surface area (Å²) in [6.45, 7) is 1.59. The van der Waals surface area contributed by atoms with Crippen LogP contribution in [0.15, 0.2) is 0 Å². The Morgan fingerprint density at radius 2 is 2.11 bits per heavy atom. The molecular formula is C14H26N2O2. The summed E-state index contributed by atoms with van der Waals surface area (Å²) in [6.07, 6.45) is 7.72. The van der Waals surface area contributed by atoms with Crippen molar-refractivity contribution in [1.29, 1.82) is 0 Å². The maximum Gasteiger partial charge on any atom is 0.225 e. The summed E-state index contributed by atoms with van der Waals surface area (Å²) in [7, 11) is 1.90. The molecule has 2 rings (SSSR count). The van der Waals surface area contributed by atoms with Gasteiger partial charge in [-0.3, -0.25) is 4.79 Å². The fourth-order valence-corrected chi connectivity index (χ4v) is 3.11. The molecule has 104 valence electrons. The van der Waals surface area contributed by atoms with Crippen LogP contribution in [-0.2, 0) is 9.53 Å². The van der Waals surface area contributed by atoms with Crippen molar-refractivity contribution >= 4 is 5.91 Å². The minimum absolute atomic E-state index is 0.141. The third-order valence-electron chi connectivity index (χ3n) is 4.19. The SMILES string of the molecule is CN(CC1CCCCO1)C(=O)C1CCCC(N)C1. The molecule has 3 atom stereocenters. The Morgan fingerprint density at radius 1 is 1.28 bits per heavy atom. The largest absolute Gasteiger partial charge is 0.376 e. The van der Waals surface area contributed by atoms with Gasteiger partial charge < -0.3 is 15.4 Å². The maximum absolute atomic E-state index is 12.3. The standard InChI is InChI=1S/C14H26N2O2/c1-16(10-13-7-2-3-8-18-13)14(17)11-5-4-6-12(15)9-11/h11-13H,2-10,15H2,1H3. The van der Waals surface area contributed by atoms with E-state index in [9.17, 15) is 4.79 Å². The van der Waals surface area contributed by atoms with Gasteiger partial charge in [0, 0.05) is 32.2 Å². The van der Waals surface area contributed by atoms with E-state index >= 15 is 0 Å². The molecule has 1 aliphatic heterocycles. The molecule has 1 amide bonds. The lowest BCUT2D eigenvalue weighted by atomic mass is 9.85. The lowest BCUT2D eigenvalue weighted by molar-refractivity contribution is -0.137. The Morgan fingerprint density at radius 3 is 2.78 bits per heavy atom. The Labute approximate surface area is 110 Å². The zero-order valence-corrected chi connectivity index (χ0v) is 11.4. The molecule has 2 fully saturated rings. The van der Waals surface area contributed by atoms with Gasteiger partial charge >= 0.3 is 0 Å². The number of hydrogen-bond donors (Lipinski definition) is 1. The van der Waals surface area contributed by atoms with Crippen LogP contribution in [0.4, 0.5) is 0 Å². The summed E-state index contributed by atoms with van der Waals surface area (Å²) >= 11 is 0. The van der Waals surface area contributed by atoms with E-state index in [4.69, 9.17) is 10.5 Å². The van der Waals surface area contributed by atoms with Crippen LogP contribution >= 0.6 is 0 Å². The summed E-state index contributed by atoms with van der Waals surface area (Å²) in [5.41, 5.74) is 5.95. The van der Waals surface area contributed by atoms with E-state index in [2.05, 4.69) is 0 Å². The van der Waals surface area contributed by atoms with Gasteiger partial charge in [-0.15, -0.1) is 0 Å². The molecule has 4 nitrogen and oxygen atoms in total. The van der Waals surface area contributed by atoms with Gasteiger partial charge in [0.25, 0.3) is 0 Å². The van der Waals surface area contributed by atoms with Crippen LogP contribution < -0.4 is 5.73 Å². The highest BCUT2D eigenvalue weighted by Crippen LogP contribution is 2.25. The second kappa shape index (κ2) is 6.53. The normalized spacial score (nSPS) is 33.1. The fraction of sp³-hybridized carbons (Fsp3) is 0.929. The summed E-state index contributed by atoms with van der Waals surface area (Å²) in [5.74, 6) is 0.404. The van der Waals surface area contributed by atoms with E-state index in [0.29, 0.717) is 0 Å². The van der Waals surface area contributed by atoms with Crippen LogP contribution in [0.25, 0.3) is 0 Å². The number of hydrogen-bond acceptors (Lipinski definition) is 3. The number of carbonyl (C=O) groups is 1. The van der Waals surface area contributed by atoms with E-state index in [1.807, 2.05) is 11.9 Å². The zero-order valence-electron chi connectivity index (χ0n) is 11.4. The van der Waals surface area contributed by atoms with Crippen molar-refractivity contribution in [3.63, 3.8) is 0 Å². The molecule has 4 heteroatoms. The number of rotatable bonds is 3. The van der Waals surface area contributed by atoms with E-state index in [1.54, 1.807) is 0 Å². The number of carbonyl (C=O) groups excluding carboxylic acids is 1. The molecule has 0 aromatic heterocycles. The highest BCUT2D eigenvalue weighted by atomic mass is 16.5. The van der Waals surface area contributed by atoms with Gasteiger partial charge in [0.05, 0.1) is 6.10 Å². The predicted octanol–water partition coefficient (Wildman–Crippen LogP) is 1.53. The van der Waals surface area contributed by atoms with Crippen LogP contribution in [0.1, 0.15) is 44.9 Å². The van der Waals surface area contributed by atoms with Gasteiger partial charge in [0.1, 0.15) is 0 Å². The summed E-state index contributed by atoms with van der Waals surface area (Å²) in [4.78, 5) is 14.2. The average Bonchev–Trinajstić information content (AvgIpc) is 2.39. The van der Waals surface area contributed by atoms with Crippen molar-refractivity contribution in [1.82, 2.24) is 4.90 Å². The summed E-state index contributed by atoms with van der Waals surface area (Å²) in [6, 6.07) is 0.215. The molecule has 0 spiro atoms. The highest BCUT2D eigenvalue weighted by Gasteiger charge is 2.28. The van der Waals surface area contributed by atoms with Gasteiger partial charge in [-0.25, -0.2) is 0 Å². The first-order valence-corrected chi connectivity index (χ1v) is 7.29. The first kappa shape index (κ1) is 13.8. The van der Waals surface area contributed by atoms with E-state index < -0.39 is 0 Å². The number of likely N-dealkylation sites (N-methyl/N-ethyl adjacent to an activating group) is 1. The number of nitrogens with two attached hydrogens (primary N) is 1. The minimum atomic E-state index is 0.141. The van der Waals surface area contributed by atoms with Gasteiger partial charge in [0.2, 0.25) is 5.91 Å². The fourth-order valence-electron chi connectivity index (χ4n) is 3.11. The predicted molar refractivity (Wildman–Crippen MR) is 71.2 cm³/mol. The molecule has 1 saturated heterocycles. The van der Waals surface area contributed by atoms with E-state index in [1.165, 1.54) is 6.42 Å². The topological polar surface area (TPSA) is 55.6 Å². The van der Waals surface area contributed by atoms with Crippen LogP contribution in [0.2, 0.25) is 0 Å². The Bertz CT molecular complexity index is 277. The molecule has 1 aliphatic carbocycles. The van der Waals surface area contributed by atoms with Gasteiger partial charge in [-0.05, 0) is 38.5 Å². The molecule has 1 heterocycles. The summed E-state index contributed by atoms with van der Waals surface area (Å²) in [5, 5.41) is 0. The van der Waals surface area contributed by atoms with Gasteiger partial charge in [0.15, 0.2) is 0 Å². The van der Waals surface area contributed by atoms with Crippen molar-refractivity contribution in [2.24, 2.45) is 11.7 Å². The monoisotopic (exact) mass is 254 g/mol. The first-order valence-electron chi connectivity index (χ1n) is 7.29. The zero-order chi connectivity index (χ0) is 13.0. The number of nitrogens with zero attached hydrogens (tertiary/aromatic N) is 1. The average molecular weight is 254 g/mol. The van der Waals surface area contributed by atoms with Crippen LogP contribution in [-0.4, -0.2) is 43.2 Å². The van der Waals surface area contributed by atoms with Crippen molar-refractivity contribution in [2.75, 3.05) is 20.2 Å². The molecule has 0 aromatic carbocycles. The molecule has 0 aromatic rings. The number of amides is 1. The third kappa shape index (κ3) is 3.69. The van der Waals surface area contributed by atoms with Crippen LogP contribution in [0, 0.1) is 5.92 Å². The van der Waals surface area contributed by atoms with E-state index in [0.717, 1.165) is 51.7 Å².